The quantitative estimate of drug-likeness (QED) is 0.504. The summed E-state index contributed by atoms with van der Waals surface area (Å²) in [6.07, 6.45) is 0. The minimum atomic E-state index is -0.139. The van der Waals surface area contributed by atoms with Crippen molar-refractivity contribution in [3.8, 4) is 0 Å². The first-order chi connectivity index (χ1) is 9.65. The lowest BCUT2D eigenvalue weighted by Gasteiger charge is -2.07. The van der Waals surface area contributed by atoms with E-state index in [0.29, 0.717) is 12.1 Å². The fourth-order valence-corrected chi connectivity index (χ4v) is 1.70. The van der Waals surface area contributed by atoms with Crippen LogP contribution in [-0.2, 0) is 6.54 Å². The van der Waals surface area contributed by atoms with Crippen LogP contribution in [0.1, 0.15) is 15.9 Å². The lowest BCUT2D eigenvalue weighted by molar-refractivity contribution is 0.102. The molecular formula is C15H16N4O. The number of anilines is 1. The molecule has 2 aromatic carbocycles. The van der Waals surface area contributed by atoms with Crippen molar-refractivity contribution < 1.29 is 4.79 Å². The van der Waals surface area contributed by atoms with Crippen LogP contribution in [0.3, 0.4) is 0 Å². The second-order valence-corrected chi connectivity index (χ2v) is 4.28. The first kappa shape index (κ1) is 13.6. The highest BCUT2D eigenvalue weighted by Gasteiger charge is 2.04. The highest BCUT2D eigenvalue weighted by Crippen LogP contribution is 2.11. The standard InChI is InChI=1S/C15H16N4O/c16-15(17)18-10-11-6-8-13(9-7-11)19-14(20)12-4-2-1-3-5-12/h1-9H,10H2,(H,19,20)(H4,16,17,18). The molecule has 0 bridgehead atoms. The van der Waals surface area contributed by atoms with Crippen molar-refractivity contribution in [2.24, 2.45) is 5.73 Å². The predicted octanol–water partition coefficient (Wildman–Crippen LogP) is 1.92. The largest absolute Gasteiger partial charge is 0.370 e. The Hall–Kier alpha value is -2.82. The van der Waals surface area contributed by atoms with Crippen molar-refractivity contribution in [3.05, 3.63) is 65.7 Å². The number of rotatable bonds is 4. The topological polar surface area (TPSA) is 91.0 Å². The number of hydrogen-bond donors (Lipinski definition) is 4. The van der Waals surface area contributed by atoms with Crippen LogP contribution in [0, 0.1) is 5.41 Å². The third-order valence-electron chi connectivity index (χ3n) is 2.73. The van der Waals surface area contributed by atoms with Crippen molar-refractivity contribution >= 4 is 17.6 Å². The molecule has 0 unspecified atom stereocenters. The molecule has 0 aliphatic carbocycles. The van der Waals surface area contributed by atoms with Gasteiger partial charge in [-0.3, -0.25) is 10.2 Å². The molecule has 0 atom stereocenters. The number of nitrogens with two attached hydrogens (primary N) is 1. The Labute approximate surface area is 117 Å². The van der Waals surface area contributed by atoms with E-state index in [4.69, 9.17) is 11.1 Å². The number of amides is 1. The van der Waals surface area contributed by atoms with Gasteiger partial charge in [0.2, 0.25) is 0 Å². The number of guanidine groups is 1. The lowest BCUT2D eigenvalue weighted by atomic mass is 10.2. The smallest absolute Gasteiger partial charge is 0.255 e. The van der Waals surface area contributed by atoms with E-state index in [0.717, 1.165) is 11.3 Å². The monoisotopic (exact) mass is 268 g/mol. The normalized spacial score (nSPS) is 9.80. The second kappa shape index (κ2) is 6.38. The van der Waals surface area contributed by atoms with Crippen molar-refractivity contribution in [2.45, 2.75) is 6.54 Å². The number of carbonyl (C=O) groups is 1. The zero-order chi connectivity index (χ0) is 14.4. The van der Waals surface area contributed by atoms with Gasteiger partial charge >= 0.3 is 0 Å². The van der Waals surface area contributed by atoms with Crippen LogP contribution in [0.4, 0.5) is 5.69 Å². The summed E-state index contributed by atoms with van der Waals surface area (Å²) in [5.74, 6) is -0.202. The number of nitrogens with one attached hydrogen (secondary N) is 3. The van der Waals surface area contributed by atoms with Crippen molar-refractivity contribution in [1.82, 2.24) is 5.32 Å². The van der Waals surface area contributed by atoms with Gasteiger partial charge in [-0.2, -0.15) is 0 Å². The Kier molecular flexibility index (Phi) is 4.34. The Bertz CT molecular complexity index is 593. The molecule has 0 fully saturated rings. The van der Waals surface area contributed by atoms with E-state index in [1.807, 2.05) is 42.5 Å². The maximum Gasteiger partial charge on any atom is 0.255 e. The van der Waals surface area contributed by atoms with Gasteiger partial charge in [-0.15, -0.1) is 0 Å². The zero-order valence-corrected chi connectivity index (χ0v) is 10.9. The summed E-state index contributed by atoms with van der Waals surface area (Å²) >= 11 is 0. The Morgan fingerprint density at radius 3 is 2.30 bits per heavy atom. The SMILES string of the molecule is N=C(N)NCc1ccc(NC(=O)c2ccccc2)cc1. The maximum absolute atomic E-state index is 11.9. The van der Waals surface area contributed by atoms with E-state index < -0.39 is 0 Å². The van der Waals surface area contributed by atoms with Gasteiger partial charge in [0.05, 0.1) is 0 Å². The molecule has 0 heterocycles. The van der Waals surface area contributed by atoms with E-state index in [-0.39, 0.29) is 11.9 Å². The fourth-order valence-electron chi connectivity index (χ4n) is 1.70. The first-order valence-corrected chi connectivity index (χ1v) is 6.18. The average Bonchev–Trinajstić information content (AvgIpc) is 2.47. The fraction of sp³-hybridized carbons (Fsp3) is 0.0667. The molecule has 5 N–H and O–H groups in total. The minimum Gasteiger partial charge on any atom is -0.370 e. The molecule has 0 aliphatic rings. The van der Waals surface area contributed by atoms with Gasteiger partial charge in [0, 0.05) is 17.8 Å². The third-order valence-corrected chi connectivity index (χ3v) is 2.73. The van der Waals surface area contributed by atoms with E-state index in [1.165, 1.54) is 0 Å². The average molecular weight is 268 g/mol. The van der Waals surface area contributed by atoms with Gasteiger partial charge in [0.15, 0.2) is 5.96 Å². The van der Waals surface area contributed by atoms with E-state index in [2.05, 4.69) is 10.6 Å². The number of carbonyl (C=O) groups excluding carboxylic acids is 1. The summed E-state index contributed by atoms with van der Waals surface area (Å²) < 4.78 is 0. The molecular weight excluding hydrogens is 252 g/mol. The predicted molar refractivity (Wildman–Crippen MR) is 79.6 cm³/mol. The maximum atomic E-state index is 11.9. The summed E-state index contributed by atoms with van der Waals surface area (Å²) in [5.41, 5.74) is 7.55. The summed E-state index contributed by atoms with van der Waals surface area (Å²) in [6.45, 7) is 0.488. The lowest BCUT2D eigenvalue weighted by Crippen LogP contribution is -2.29. The van der Waals surface area contributed by atoms with Crippen LogP contribution in [0.15, 0.2) is 54.6 Å². The van der Waals surface area contributed by atoms with Gasteiger partial charge in [-0.1, -0.05) is 30.3 Å². The van der Waals surface area contributed by atoms with E-state index >= 15 is 0 Å². The molecule has 2 aromatic rings. The first-order valence-electron chi connectivity index (χ1n) is 6.18. The molecule has 1 amide bonds. The Morgan fingerprint density at radius 2 is 1.70 bits per heavy atom. The van der Waals surface area contributed by atoms with Crippen LogP contribution in [0.2, 0.25) is 0 Å². The van der Waals surface area contributed by atoms with Gasteiger partial charge in [0.25, 0.3) is 5.91 Å². The van der Waals surface area contributed by atoms with Crippen molar-refractivity contribution in [3.63, 3.8) is 0 Å². The van der Waals surface area contributed by atoms with Crippen LogP contribution in [0.25, 0.3) is 0 Å². The summed E-state index contributed by atoms with van der Waals surface area (Å²) in [7, 11) is 0. The van der Waals surface area contributed by atoms with Crippen LogP contribution in [0.5, 0.6) is 0 Å². The summed E-state index contributed by atoms with van der Waals surface area (Å²) in [5, 5.41) is 12.6. The van der Waals surface area contributed by atoms with Crippen LogP contribution >= 0.6 is 0 Å². The van der Waals surface area contributed by atoms with Gasteiger partial charge in [-0.25, -0.2) is 0 Å². The van der Waals surface area contributed by atoms with Crippen molar-refractivity contribution in [2.75, 3.05) is 5.32 Å². The van der Waals surface area contributed by atoms with Crippen molar-refractivity contribution in [1.29, 1.82) is 5.41 Å². The van der Waals surface area contributed by atoms with Gasteiger partial charge in [-0.05, 0) is 29.8 Å². The molecule has 5 heteroatoms. The molecule has 5 nitrogen and oxygen atoms in total. The second-order valence-electron chi connectivity index (χ2n) is 4.28. The van der Waals surface area contributed by atoms with Crippen LogP contribution < -0.4 is 16.4 Å². The van der Waals surface area contributed by atoms with E-state index in [1.54, 1.807) is 12.1 Å². The van der Waals surface area contributed by atoms with Gasteiger partial charge < -0.3 is 16.4 Å². The summed E-state index contributed by atoms with van der Waals surface area (Å²) in [4.78, 5) is 11.9. The van der Waals surface area contributed by atoms with Gasteiger partial charge in [0.1, 0.15) is 0 Å². The van der Waals surface area contributed by atoms with Crippen LogP contribution in [-0.4, -0.2) is 11.9 Å². The highest BCUT2D eigenvalue weighted by atomic mass is 16.1. The Morgan fingerprint density at radius 1 is 1.05 bits per heavy atom. The molecule has 20 heavy (non-hydrogen) atoms. The minimum absolute atomic E-state index is 0.0635. The molecule has 0 radical (unpaired) electrons. The highest BCUT2D eigenvalue weighted by molar-refractivity contribution is 6.04. The van der Waals surface area contributed by atoms with E-state index in [9.17, 15) is 4.79 Å². The Balaban J connectivity index is 1.97. The molecule has 0 saturated carbocycles. The third kappa shape index (κ3) is 3.84. The number of hydrogen-bond acceptors (Lipinski definition) is 2. The molecule has 0 spiro atoms. The number of benzene rings is 2. The summed E-state index contributed by atoms with van der Waals surface area (Å²) in [6, 6.07) is 16.4. The molecule has 2 rings (SSSR count). The molecule has 0 aromatic heterocycles. The zero-order valence-electron chi connectivity index (χ0n) is 10.9. The molecule has 0 aliphatic heterocycles. The molecule has 0 saturated heterocycles. The molecule has 102 valence electrons.